The molecule has 0 spiro atoms. The van der Waals surface area contributed by atoms with Crippen molar-refractivity contribution in [3.05, 3.63) is 159 Å². The molecule has 0 aliphatic carbocycles. The molecule has 6 aromatic rings. The highest BCUT2D eigenvalue weighted by Crippen LogP contribution is 2.26. The first-order chi connectivity index (χ1) is 36.2. The topological polar surface area (TPSA) is 295 Å². The smallest absolute Gasteiger partial charge is 0.408 e. The highest BCUT2D eigenvalue weighted by Gasteiger charge is 2.26. The van der Waals surface area contributed by atoms with Crippen LogP contribution in [0.15, 0.2) is 104 Å². The predicted molar refractivity (Wildman–Crippen MR) is 321 cm³/mol. The third-order valence-corrected chi connectivity index (χ3v) is 11.5. The van der Waals surface area contributed by atoms with Gasteiger partial charge in [0, 0.05) is 34.5 Å². The lowest BCUT2D eigenvalue weighted by Gasteiger charge is -2.22. The highest BCUT2D eigenvalue weighted by molar-refractivity contribution is 7.59. The van der Waals surface area contributed by atoms with Gasteiger partial charge in [-0.2, -0.15) is 37.0 Å². The minimum absolute atomic E-state index is 0. The van der Waals surface area contributed by atoms with Gasteiger partial charge in [-0.05, 0) is 158 Å². The molecule has 6 rings (SSSR count). The normalized spacial score (nSPS) is 11.6. The number of nitrogens with one attached hydrogen (secondary N) is 3. The number of anilines is 4. The third kappa shape index (κ3) is 20.6. The molecule has 27 heteroatoms. The summed E-state index contributed by atoms with van der Waals surface area (Å²) >= 11 is 12.0. The van der Waals surface area contributed by atoms with Gasteiger partial charge in [-0.1, -0.05) is 47.5 Å². The van der Waals surface area contributed by atoms with E-state index in [-0.39, 0.29) is 103 Å². The van der Waals surface area contributed by atoms with E-state index in [9.17, 15) is 38.7 Å². The van der Waals surface area contributed by atoms with Crippen molar-refractivity contribution in [2.24, 2.45) is 5.73 Å². The van der Waals surface area contributed by atoms with Crippen LogP contribution in [0.2, 0.25) is 10.0 Å². The maximum atomic E-state index is 13.6. The zero-order chi connectivity index (χ0) is 56.9. The summed E-state index contributed by atoms with van der Waals surface area (Å²) in [5.74, 6) is -1.10. The second-order valence-electron chi connectivity index (χ2n) is 19.3. The monoisotopic (exact) mass is 1210 g/mol. The highest BCUT2D eigenvalue weighted by atomic mass is 35.5. The third-order valence-electron chi connectivity index (χ3n) is 11.0. The molecule has 2 aromatic heterocycles. The lowest BCUT2D eigenvalue weighted by atomic mass is 10.2. The summed E-state index contributed by atoms with van der Waals surface area (Å²) < 4.78 is 21.0. The van der Waals surface area contributed by atoms with Crippen LogP contribution in [0.3, 0.4) is 0 Å². The number of ether oxygens (including phenoxy) is 3. The van der Waals surface area contributed by atoms with Gasteiger partial charge in [0.25, 0.3) is 0 Å². The van der Waals surface area contributed by atoms with Gasteiger partial charge in [0.15, 0.2) is 0 Å². The maximum absolute atomic E-state index is 13.6. The molecular weight excluding hydrogens is 1140 g/mol. The molecule has 0 radical (unpaired) electrons. The van der Waals surface area contributed by atoms with Crippen LogP contribution in [0.4, 0.5) is 28.1 Å². The summed E-state index contributed by atoms with van der Waals surface area (Å²) in [5, 5.41) is 28.1. The number of halogens is 3. The first kappa shape index (κ1) is 69.1. The molecule has 0 fully saturated rings. The number of alkyl carbamates (subject to hydrolysis) is 1. The molecule has 0 saturated heterocycles. The Kier molecular flexibility index (Phi) is 26.9. The van der Waals surface area contributed by atoms with Crippen LogP contribution in [-0.2, 0) is 40.5 Å². The molecular formula is C53H69Cl3N10O12S2. The number of rotatable bonds is 21. The molecule has 0 saturated carbocycles. The lowest BCUT2D eigenvalue weighted by Crippen LogP contribution is -2.47. The molecule has 1 amide bonds. The number of aromatic nitrogens is 6. The number of aliphatic carboxylic acids is 2. The van der Waals surface area contributed by atoms with Gasteiger partial charge in [0.1, 0.15) is 29.2 Å². The summed E-state index contributed by atoms with van der Waals surface area (Å²) in [6, 6.07) is 21.8. The zero-order valence-electron chi connectivity index (χ0n) is 45.5. The Morgan fingerprint density at radius 3 is 1.35 bits per heavy atom. The van der Waals surface area contributed by atoms with Crippen molar-refractivity contribution in [1.82, 2.24) is 33.6 Å². The van der Waals surface area contributed by atoms with Gasteiger partial charge >= 0.3 is 40.8 Å². The maximum Gasteiger partial charge on any atom is 0.408 e. The number of hydrogen-bond acceptors (Lipinski definition) is 15. The second kappa shape index (κ2) is 31.1. The van der Waals surface area contributed by atoms with E-state index in [1.165, 1.54) is 9.13 Å². The molecule has 2 atom stereocenters. The van der Waals surface area contributed by atoms with Gasteiger partial charge in [0.2, 0.25) is 11.9 Å². The number of nitrogens with zero attached hydrogens (tertiary/aromatic N) is 6. The second-order valence-corrected chi connectivity index (χ2v) is 20.2. The molecule has 0 aliphatic heterocycles. The van der Waals surface area contributed by atoms with Crippen LogP contribution in [-0.4, -0.2) is 86.4 Å². The standard InChI is InChI=1S/C29H36ClN5O7.C24H28ClN5O5.ClH.2H2S/c1-17(2)41-23-12-11-21(15-18(23)3)31-25-33-26(38)34(28(40)35(25)16-19-7-9-20(30)10-8-19)14-13-22(24(36)37)32-27(39)42-29(4,5)6;1-14(2)35-20-9-8-18(12-15(20)3)27-22-28-23(33)29(11-10-19(26)21(31)32)24(34)30(22)13-16-4-6-17(25)7-5-16;;;/h7-12,15,17,22H,13-14,16H2,1-6H3,(H,32,39)(H,36,37)(H,31,33,38);4-9,12,14,19H,10-11,13,26H2,1-3H3,(H,31,32)(H,27,28,33);1H;2*1H2/t22-;19-;;;/m00.../s1. The summed E-state index contributed by atoms with van der Waals surface area (Å²) in [5.41, 5.74) is 6.02. The number of carbonyl (C=O) groups is 3. The van der Waals surface area contributed by atoms with Crippen molar-refractivity contribution in [2.45, 2.75) is 131 Å². The predicted octanol–water partition coefficient (Wildman–Crippen LogP) is 7.71. The Hall–Kier alpha value is -6.96. The minimum Gasteiger partial charge on any atom is -0.491 e. The average molecular weight is 1210 g/mol. The fourth-order valence-electron chi connectivity index (χ4n) is 7.30. The van der Waals surface area contributed by atoms with Crippen LogP contribution in [0.25, 0.3) is 0 Å². The number of nitrogens with two attached hydrogens (primary N) is 1. The summed E-state index contributed by atoms with van der Waals surface area (Å²) in [6.07, 6.45) is -1.30. The Morgan fingerprint density at radius 2 is 1.01 bits per heavy atom. The van der Waals surface area contributed by atoms with Crippen molar-refractivity contribution in [3.8, 4) is 11.5 Å². The Labute approximate surface area is 491 Å². The molecule has 7 N–H and O–H groups in total. The first-order valence-corrected chi connectivity index (χ1v) is 25.1. The van der Waals surface area contributed by atoms with Crippen molar-refractivity contribution in [2.75, 3.05) is 10.6 Å². The van der Waals surface area contributed by atoms with E-state index in [0.717, 1.165) is 31.6 Å². The van der Waals surface area contributed by atoms with Crippen molar-refractivity contribution < 1.29 is 38.8 Å². The Balaban J connectivity index is 0.000000535. The molecule has 0 bridgehead atoms. The van der Waals surface area contributed by atoms with Crippen molar-refractivity contribution >= 4 is 104 Å². The summed E-state index contributed by atoms with van der Waals surface area (Å²) in [4.78, 5) is 95.9. The number of benzene rings is 4. The molecule has 80 heavy (non-hydrogen) atoms. The lowest BCUT2D eigenvalue weighted by molar-refractivity contribution is -0.140. The fraction of sp³-hybridized carbons (Fsp3) is 0.377. The first-order valence-electron chi connectivity index (χ1n) is 24.4. The van der Waals surface area contributed by atoms with E-state index < -0.39 is 58.5 Å². The van der Waals surface area contributed by atoms with Crippen LogP contribution in [0.5, 0.6) is 11.5 Å². The molecule has 0 unspecified atom stereocenters. The average Bonchev–Trinajstić information content (AvgIpc) is 3.33. The van der Waals surface area contributed by atoms with E-state index >= 15 is 0 Å². The van der Waals surface area contributed by atoms with Gasteiger partial charge < -0.3 is 46.1 Å². The van der Waals surface area contributed by atoms with E-state index in [2.05, 4.69) is 25.9 Å². The summed E-state index contributed by atoms with van der Waals surface area (Å²) in [6.45, 7) is 16.0. The van der Waals surface area contributed by atoms with E-state index in [0.29, 0.717) is 32.7 Å². The van der Waals surface area contributed by atoms with Crippen LogP contribution < -0.4 is 53.9 Å². The van der Waals surface area contributed by atoms with Crippen LogP contribution in [0.1, 0.15) is 83.6 Å². The summed E-state index contributed by atoms with van der Waals surface area (Å²) in [7, 11) is 0. The number of carbonyl (C=O) groups excluding carboxylic acids is 1. The van der Waals surface area contributed by atoms with Gasteiger partial charge in [0.05, 0.1) is 25.3 Å². The zero-order valence-corrected chi connectivity index (χ0v) is 49.9. The minimum atomic E-state index is -1.41. The molecule has 436 valence electrons. The van der Waals surface area contributed by atoms with E-state index in [1.54, 1.807) is 93.6 Å². The molecule has 2 heterocycles. The van der Waals surface area contributed by atoms with E-state index in [1.807, 2.05) is 53.7 Å². The molecule has 4 aromatic carbocycles. The number of amides is 1. The number of carboxylic acids is 2. The number of hydrogen-bond donors (Lipinski definition) is 6. The van der Waals surface area contributed by atoms with Crippen LogP contribution in [0, 0.1) is 13.8 Å². The number of carboxylic acid groups (broad SMARTS) is 2. The Bertz CT molecular complexity index is 3310. The van der Waals surface area contributed by atoms with Gasteiger partial charge in [-0.3, -0.25) is 13.9 Å². The van der Waals surface area contributed by atoms with Gasteiger partial charge in [-0.15, -0.1) is 12.4 Å². The van der Waals surface area contributed by atoms with Crippen molar-refractivity contribution in [1.29, 1.82) is 0 Å². The quantitative estimate of drug-likeness (QED) is 0.0402. The molecule has 22 nitrogen and oxygen atoms in total. The number of aryl methyl sites for hydroxylation is 2. The van der Waals surface area contributed by atoms with Crippen LogP contribution >= 0.6 is 62.6 Å². The molecule has 0 aliphatic rings. The Morgan fingerprint density at radius 1 is 0.625 bits per heavy atom. The SMILES string of the molecule is Cc1cc(Nc2nc(=O)n(CC[C@H](N)C(=O)O)c(=O)n2Cc2ccc(Cl)cc2)ccc1OC(C)C.Cc1cc(Nc2nc(=O)n(CC[C@H](NC(=O)OC(C)(C)C)C(=O)O)c(=O)n2Cc2ccc(Cl)cc2)ccc1OC(C)C.Cl.S.S. The van der Waals surface area contributed by atoms with Gasteiger partial charge in [-0.25, -0.2) is 37.9 Å². The van der Waals surface area contributed by atoms with Crippen molar-refractivity contribution in [3.63, 3.8) is 0 Å². The van der Waals surface area contributed by atoms with E-state index in [4.69, 9.17) is 48.3 Å². The largest absolute Gasteiger partial charge is 0.491 e. The fourth-order valence-corrected chi connectivity index (χ4v) is 7.56.